The number of allylic oxidation sites excluding steroid dienone is 2. The number of benzene rings is 7. The maximum atomic E-state index is 2.62. The third-order valence-corrected chi connectivity index (χ3v) is 12.7. The first-order valence-electron chi connectivity index (χ1n) is 18.7. The summed E-state index contributed by atoms with van der Waals surface area (Å²) in [7, 11) is 0. The molecular weight excluding hydrogens is 627 g/mol. The first-order chi connectivity index (χ1) is 25.8. The van der Waals surface area contributed by atoms with E-state index in [1.165, 1.54) is 94.8 Å². The molecule has 0 aromatic heterocycles. The van der Waals surface area contributed by atoms with Crippen LogP contribution in [0.4, 0.5) is 11.4 Å². The molecule has 1 aliphatic heterocycles. The van der Waals surface area contributed by atoms with Crippen molar-refractivity contribution >= 4 is 11.4 Å². The Balaban J connectivity index is 1.19. The summed E-state index contributed by atoms with van der Waals surface area (Å²) in [6.07, 6.45) is 11.3. The van der Waals surface area contributed by atoms with Crippen LogP contribution >= 0.6 is 0 Å². The van der Waals surface area contributed by atoms with Gasteiger partial charge >= 0.3 is 0 Å². The van der Waals surface area contributed by atoms with E-state index in [4.69, 9.17) is 0 Å². The lowest BCUT2D eigenvalue weighted by molar-refractivity contribution is 0.532. The number of nitrogens with zero attached hydrogens (tertiary/aromatic N) is 1. The molecule has 0 saturated heterocycles. The maximum absolute atomic E-state index is 2.62. The molecule has 7 aromatic rings. The molecule has 1 spiro atoms. The van der Waals surface area contributed by atoms with Gasteiger partial charge in [0.15, 0.2) is 0 Å². The minimum Gasteiger partial charge on any atom is -0.334 e. The quantitative estimate of drug-likeness (QED) is 0.178. The van der Waals surface area contributed by atoms with Crippen molar-refractivity contribution in [2.45, 2.75) is 24.3 Å². The predicted molar refractivity (Wildman–Crippen MR) is 214 cm³/mol. The molecule has 52 heavy (non-hydrogen) atoms. The van der Waals surface area contributed by atoms with Crippen LogP contribution < -0.4 is 4.90 Å². The van der Waals surface area contributed by atoms with Gasteiger partial charge in [0.05, 0.1) is 11.5 Å². The van der Waals surface area contributed by atoms with Crippen LogP contribution in [0.15, 0.2) is 176 Å². The third-order valence-electron chi connectivity index (χ3n) is 12.7. The summed E-state index contributed by atoms with van der Waals surface area (Å²) in [5.74, 6) is 0.405. The minimum atomic E-state index is -0.402. The fraction of sp³-hybridized carbons (Fsp3) is 0.0980. The van der Waals surface area contributed by atoms with Crippen LogP contribution in [0, 0.1) is 5.92 Å². The highest BCUT2D eigenvalue weighted by molar-refractivity contribution is 6.02. The summed E-state index contributed by atoms with van der Waals surface area (Å²) >= 11 is 0. The van der Waals surface area contributed by atoms with Crippen molar-refractivity contribution in [1.29, 1.82) is 0 Å². The van der Waals surface area contributed by atoms with Crippen LogP contribution in [0.3, 0.4) is 0 Å². The predicted octanol–water partition coefficient (Wildman–Crippen LogP) is 12.1. The number of anilines is 2. The van der Waals surface area contributed by atoms with Crippen LogP contribution in [-0.4, -0.2) is 6.04 Å². The minimum absolute atomic E-state index is 0.270. The molecule has 0 fully saturated rings. The third kappa shape index (κ3) is 3.58. The highest BCUT2D eigenvalue weighted by Gasteiger charge is 2.53. The second kappa shape index (κ2) is 10.4. The monoisotopic (exact) mass is 661 g/mol. The molecular formula is C51H35N. The van der Waals surface area contributed by atoms with Gasteiger partial charge in [-0.15, -0.1) is 0 Å². The Morgan fingerprint density at radius 1 is 0.462 bits per heavy atom. The molecule has 2 unspecified atom stereocenters. The van der Waals surface area contributed by atoms with E-state index in [1.807, 2.05) is 0 Å². The Kier molecular flexibility index (Phi) is 5.72. The van der Waals surface area contributed by atoms with Gasteiger partial charge in [0, 0.05) is 17.3 Å². The first-order valence-corrected chi connectivity index (χ1v) is 18.7. The Hall–Kier alpha value is -6.18. The summed E-state index contributed by atoms with van der Waals surface area (Å²) in [5.41, 5.74) is 22.9. The van der Waals surface area contributed by atoms with E-state index in [-0.39, 0.29) is 6.04 Å². The van der Waals surface area contributed by atoms with Crippen molar-refractivity contribution in [3.8, 4) is 44.5 Å². The molecule has 1 heteroatoms. The Bertz CT molecular complexity index is 2660. The van der Waals surface area contributed by atoms with Gasteiger partial charge in [-0.1, -0.05) is 158 Å². The highest BCUT2D eigenvalue weighted by Crippen LogP contribution is 2.65. The average molecular weight is 662 g/mol. The van der Waals surface area contributed by atoms with Crippen molar-refractivity contribution < 1.29 is 0 Å². The fourth-order valence-electron chi connectivity index (χ4n) is 10.7. The molecule has 2 atom stereocenters. The molecule has 1 nitrogen and oxygen atoms in total. The van der Waals surface area contributed by atoms with Gasteiger partial charge in [-0.05, 0) is 114 Å². The van der Waals surface area contributed by atoms with E-state index in [1.54, 1.807) is 0 Å². The van der Waals surface area contributed by atoms with Crippen molar-refractivity contribution in [1.82, 2.24) is 0 Å². The molecule has 4 aliphatic carbocycles. The lowest BCUT2D eigenvalue weighted by atomic mass is 9.69. The summed E-state index contributed by atoms with van der Waals surface area (Å²) in [5, 5.41) is 0. The van der Waals surface area contributed by atoms with E-state index < -0.39 is 5.41 Å². The fourth-order valence-corrected chi connectivity index (χ4v) is 10.7. The van der Waals surface area contributed by atoms with Crippen molar-refractivity contribution in [3.05, 3.63) is 215 Å². The Morgan fingerprint density at radius 3 is 1.88 bits per heavy atom. The van der Waals surface area contributed by atoms with Crippen LogP contribution in [0.1, 0.15) is 38.9 Å². The standard InChI is InChI=1S/C51H35N/c1-2-16-35(17-3-1)52-48-27-11-5-15-33(48)28-34-30-47-43(31-49(34)52)50-41(38-22-12-21-37-36-18-6-4-14-32(36)29-42(37)38)23-13-26-46(50)51(47)44-24-9-7-19-39(44)40-20-8-10-25-45(40)51/h1-27,30-31,33,48H,28-29H2. The zero-order valence-corrected chi connectivity index (χ0v) is 28.8. The Labute approximate surface area is 304 Å². The van der Waals surface area contributed by atoms with Gasteiger partial charge < -0.3 is 4.90 Å². The number of fused-ring (bicyclic) bond motifs is 15. The zero-order chi connectivity index (χ0) is 34.0. The van der Waals surface area contributed by atoms with Crippen LogP contribution in [0.25, 0.3) is 44.5 Å². The van der Waals surface area contributed by atoms with Crippen LogP contribution in [-0.2, 0) is 18.3 Å². The van der Waals surface area contributed by atoms with Gasteiger partial charge in [0.2, 0.25) is 0 Å². The van der Waals surface area contributed by atoms with Gasteiger partial charge in [-0.2, -0.15) is 0 Å². The van der Waals surface area contributed by atoms with Crippen LogP contribution in [0.2, 0.25) is 0 Å². The molecule has 0 bridgehead atoms. The lowest BCUT2D eigenvalue weighted by Crippen LogP contribution is -2.41. The van der Waals surface area contributed by atoms with E-state index in [9.17, 15) is 0 Å². The molecule has 0 N–H and O–H groups in total. The van der Waals surface area contributed by atoms with E-state index in [2.05, 4.69) is 181 Å². The van der Waals surface area contributed by atoms with Gasteiger partial charge in [-0.3, -0.25) is 0 Å². The van der Waals surface area contributed by atoms with E-state index in [0.29, 0.717) is 5.92 Å². The first kappa shape index (κ1) is 28.5. The molecule has 5 aliphatic rings. The van der Waals surface area contributed by atoms with E-state index in [0.717, 1.165) is 12.8 Å². The number of para-hydroxylation sites is 1. The van der Waals surface area contributed by atoms with Crippen molar-refractivity contribution in [3.63, 3.8) is 0 Å². The Morgan fingerprint density at radius 2 is 1.08 bits per heavy atom. The normalized spacial score (nSPS) is 18.6. The summed E-state index contributed by atoms with van der Waals surface area (Å²) in [6.45, 7) is 0. The smallest absolute Gasteiger partial charge is 0.0725 e. The highest BCUT2D eigenvalue weighted by atomic mass is 15.2. The maximum Gasteiger partial charge on any atom is 0.0725 e. The zero-order valence-electron chi connectivity index (χ0n) is 28.8. The largest absolute Gasteiger partial charge is 0.334 e. The van der Waals surface area contributed by atoms with Gasteiger partial charge in [0.25, 0.3) is 0 Å². The number of hydrogen-bond donors (Lipinski definition) is 0. The summed E-state index contributed by atoms with van der Waals surface area (Å²) in [4.78, 5) is 2.62. The molecule has 1 heterocycles. The lowest BCUT2D eigenvalue weighted by Gasteiger charge is -2.43. The second-order valence-electron chi connectivity index (χ2n) is 15.1. The van der Waals surface area contributed by atoms with Gasteiger partial charge in [-0.25, -0.2) is 0 Å². The second-order valence-corrected chi connectivity index (χ2v) is 15.1. The van der Waals surface area contributed by atoms with Crippen molar-refractivity contribution in [2.24, 2.45) is 5.92 Å². The summed E-state index contributed by atoms with van der Waals surface area (Å²) < 4.78 is 0. The number of rotatable bonds is 2. The molecule has 0 amide bonds. The number of hydrogen-bond acceptors (Lipinski definition) is 1. The summed E-state index contributed by atoms with van der Waals surface area (Å²) in [6, 6.07) is 58.0. The molecule has 7 aromatic carbocycles. The van der Waals surface area contributed by atoms with Gasteiger partial charge in [0.1, 0.15) is 0 Å². The molecule has 0 radical (unpaired) electrons. The van der Waals surface area contributed by atoms with Crippen molar-refractivity contribution in [2.75, 3.05) is 4.90 Å². The SMILES string of the molecule is C1=CC2Cc3cc4c(cc3N(c3ccccc3)C2C=C1)-c1c(-c2cccc3c2Cc2ccccc2-3)cccc1C41c2ccccc2-c2ccccc21. The molecule has 12 rings (SSSR count). The topological polar surface area (TPSA) is 3.24 Å². The van der Waals surface area contributed by atoms with Crippen LogP contribution in [0.5, 0.6) is 0 Å². The van der Waals surface area contributed by atoms with E-state index >= 15 is 0 Å². The average Bonchev–Trinajstić information content (AvgIpc) is 3.83. The molecule has 0 saturated carbocycles. The molecule has 244 valence electrons.